The molecule has 0 aliphatic carbocycles. The zero-order valence-electron chi connectivity index (χ0n) is 20.8. The smallest absolute Gasteiger partial charge is 0.408 e. The van der Waals surface area contributed by atoms with E-state index in [1.165, 1.54) is 6.07 Å². The van der Waals surface area contributed by atoms with Gasteiger partial charge in [-0.2, -0.15) is 0 Å². The third-order valence-electron chi connectivity index (χ3n) is 4.84. The molecule has 2 aromatic rings. The van der Waals surface area contributed by atoms with Crippen LogP contribution >= 0.6 is 0 Å². The molecule has 1 heterocycles. The molecule has 0 bridgehead atoms. The second-order valence-corrected chi connectivity index (χ2v) is 10.3. The number of benzene rings is 2. The van der Waals surface area contributed by atoms with Crippen LogP contribution in [0.15, 0.2) is 48.5 Å². The first-order valence-electron chi connectivity index (χ1n) is 11.3. The van der Waals surface area contributed by atoms with Gasteiger partial charge >= 0.3 is 12.1 Å². The SMILES string of the molecule is CC(C)(C)OC(=O)NC(Cc1ccc(OC(C)(C)C)cc1)C(=O)ON1C(=O)c2ccccc2C1O. The van der Waals surface area contributed by atoms with E-state index in [9.17, 15) is 19.5 Å². The van der Waals surface area contributed by atoms with Crippen LogP contribution in [-0.4, -0.2) is 45.4 Å². The number of alkyl carbamates (subject to hydrolysis) is 1. The van der Waals surface area contributed by atoms with E-state index < -0.39 is 35.8 Å². The van der Waals surface area contributed by atoms with E-state index >= 15 is 0 Å². The molecule has 0 saturated carbocycles. The fourth-order valence-electron chi connectivity index (χ4n) is 3.45. The van der Waals surface area contributed by atoms with Crippen LogP contribution in [0.25, 0.3) is 0 Å². The third-order valence-corrected chi connectivity index (χ3v) is 4.84. The number of rotatable bonds is 6. The molecule has 1 aliphatic rings. The molecule has 2 aromatic carbocycles. The lowest BCUT2D eigenvalue weighted by atomic mass is 10.1. The maximum Gasteiger partial charge on any atom is 0.408 e. The van der Waals surface area contributed by atoms with Crippen LogP contribution in [0.1, 0.15) is 69.3 Å². The number of hydrogen-bond acceptors (Lipinski definition) is 7. The van der Waals surface area contributed by atoms with Crippen molar-refractivity contribution in [3.05, 3.63) is 65.2 Å². The predicted octanol–water partition coefficient (Wildman–Crippen LogP) is 3.90. The highest BCUT2D eigenvalue weighted by Gasteiger charge is 2.40. The molecule has 2 amide bonds. The Labute approximate surface area is 204 Å². The summed E-state index contributed by atoms with van der Waals surface area (Å²) < 4.78 is 11.1. The van der Waals surface area contributed by atoms with Gasteiger partial charge < -0.3 is 24.7 Å². The molecule has 1 aliphatic heterocycles. The number of fused-ring (bicyclic) bond motifs is 1. The minimum atomic E-state index is -1.45. The predicted molar refractivity (Wildman–Crippen MR) is 127 cm³/mol. The van der Waals surface area contributed by atoms with Gasteiger partial charge in [-0.25, -0.2) is 9.59 Å². The average molecular weight is 485 g/mol. The first-order valence-corrected chi connectivity index (χ1v) is 11.3. The van der Waals surface area contributed by atoms with Crippen molar-refractivity contribution in [2.24, 2.45) is 0 Å². The summed E-state index contributed by atoms with van der Waals surface area (Å²) in [5.41, 5.74) is 0.121. The summed E-state index contributed by atoms with van der Waals surface area (Å²) in [6.07, 6.45) is -2.21. The first kappa shape index (κ1) is 26.0. The molecule has 2 unspecified atom stereocenters. The summed E-state index contributed by atoms with van der Waals surface area (Å²) in [4.78, 5) is 43.4. The van der Waals surface area contributed by atoms with E-state index in [2.05, 4.69) is 5.32 Å². The van der Waals surface area contributed by atoms with Crippen molar-refractivity contribution >= 4 is 18.0 Å². The first-order chi connectivity index (χ1) is 16.2. The van der Waals surface area contributed by atoms with Gasteiger partial charge in [-0.05, 0) is 65.3 Å². The Balaban J connectivity index is 1.77. The molecule has 9 heteroatoms. The van der Waals surface area contributed by atoms with Crippen molar-refractivity contribution in [2.75, 3.05) is 0 Å². The van der Waals surface area contributed by atoms with E-state index in [0.29, 0.717) is 21.9 Å². The number of carbonyl (C=O) groups is 3. The topological polar surface area (TPSA) is 114 Å². The van der Waals surface area contributed by atoms with Crippen molar-refractivity contribution in [3.8, 4) is 5.75 Å². The van der Waals surface area contributed by atoms with Gasteiger partial charge in [0.25, 0.3) is 5.91 Å². The third kappa shape index (κ3) is 6.95. The molecule has 2 N–H and O–H groups in total. The molecular formula is C26H32N2O7. The Hall–Kier alpha value is -3.59. The number of nitrogens with zero attached hydrogens (tertiary/aromatic N) is 1. The number of aliphatic hydroxyl groups excluding tert-OH is 1. The second kappa shape index (κ2) is 9.95. The Kier molecular flexibility index (Phi) is 7.40. The van der Waals surface area contributed by atoms with Crippen LogP contribution in [0.5, 0.6) is 5.75 Å². The number of ether oxygens (including phenoxy) is 2. The lowest BCUT2D eigenvalue weighted by Crippen LogP contribution is -2.47. The highest BCUT2D eigenvalue weighted by atomic mass is 16.7. The molecular weight excluding hydrogens is 452 g/mol. The molecule has 2 atom stereocenters. The monoisotopic (exact) mass is 484 g/mol. The van der Waals surface area contributed by atoms with E-state index in [0.717, 1.165) is 0 Å². The van der Waals surface area contributed by atoms with Crippen molar-refractivity contribution in [3.63, 3.8) is 0 Å². The molecule has 0 radical (unpaired) electrons. The average Bonchev–Trinajstić information content (AvgIpc) is 2.97. The van der Waals surface area contributed by atoms with Gasteiger partial charge in [0.2, 0.25) is 0 Å². The Morgan fingerprint density at radius 1 is 1.00 bits per heavy atom. The summed E-state index contributed by atoms with van der Waals surface area (Å²) in [7, 11) is 0. The molecule has 0 aromatic heterocycles. The number of hydrogen-bond donors (Lipinski definition) is 2. The molecule has 35 heavy (non-hydrogen) atoms. The summed E-state index contributed by atoms with van der Waals surface area (Å²) in [6.45, 7) is 10.9. The Morgan fingerprint density at radius 3 is 2.20 bits per heavy atom. The van der Waals surface area contributed by atoms with Gasteiger partial charge in [0.1, 0.15) is 23.0 Å². The van der Waals surface area contributed by atoms with Gasteiger partial charge in [0.05, 0.1) is 5.56 Å². The standard InChI is InChI=1S/C26H32N2O7/c1-25(2,3)33-17-13-11-16(12-14-17)15-20(27-24(32)34-26(4,5)6)23(31)35-28-21(29)18-9-7-8-10-19(18)22(28)30/h7-14,20-21,29H,15H2,1-6H3,(H,27,32). The molecule has 0 fully saturated rings. The van der Waals surface area contributed by atoms with Crippen LogP contribution in [0.4, 0.5) is 4.79 Å². The zero-order chi connectivity index (χ0) is 26.0. The fourth-order valence-corrected chi connectivity index (χ4v) is 3.45. The highest BCUT2D eigenvalue weighted by molar-refractivity contribution is 5.99. The number of amides is 2. The van der Waals surface area contributed by atoms with Gasteiger partial charge in [-0.3, -0.25) is 4.79 Å². The zero-order valence-corrected chi connectivity index (χ0v) is 20.8. The van der Waals surface area contributed by atoms with Gasteiger partial charge in [0.15, 0.2) is 6.23 Å². The highest BCUT2D eigenvalue weighted by Crippen LogP contribution is 2.31. The molecule has 3 rings (SSSR count). The summed E-state index contributed by atoms with van der Waals surface area (Å²) in [6, 6.07) is 12.3. The van der Waals surface area contributed by atoms with Crippen molar-refractivity contribution in [2.45, 2.75) is 71.4 Å². The molecule has 0 saturated heterocycles. The molecule has 9 nitrogen and oxygen atoms in total. The van der Waals surface area contributed by atoms with Crippen LogP contribution < -0.4 is 10.1 Å². The fraction of sp³-hybridized carbons (Fsp3) is 0.423. The van der Waals surface area contributed by atoms with Gasteiger partial charge in [-0.15, -0.1) is 5.06 Å². The van der Waals surface area contributed by atoms with E-state index in [1.807, 2.05) is 20.8 Å². The summed E-state index contributed by atoms with van der Waals surface area (Å²) in [5.74, 6) is -0.920. The number of carbonyl (C=O) groups excluding carboxylic acids is 3. The molecule has 188 valence electrons. The van der Waals surface area contributed by atoms with Crippen molar-refractivity contribution in [1.29, 1.82) is 0 Å². The Bertz CT molecular complexity index is 1080. The maximum absolute atomic E-state index is 13.1. The second-order valence-electron chi connectivity index (χ2n) is 10.3. The van der Waals surface area contributed by atoms with Crippen LogP contribution in [0.2, 0.25) is 0 Å². The maximum atomic E-state index is 13.1. The summed E-state index contributed by atoms with van der Waals surface area (Å²) in [5, 5.41) is 13.6. The minimum absolute atomic E-state index is 0.0545. The van der Waals surface area contributed by atoms with Crippen LogP contribution in [0, 0.1) is 0 Å². The Morgan fingerprint density at radius 2 is 1.63 bits per heavy atom. The van der Waals surface area contributed by atoms with Crippen molar-refractivity contribution in [1.82, 2.24) is 10.4 Å². The van der Waals surface area contributed by atoms with Crippen LogP contribution in [-0.2, 0) is 20.8 Å². The van der Waals surface area contributed by atoms with Gasteiger partial charge in [-0.1, -0.05) is 30.3 Å². The van der Waals surface area contributed by atoms with Gasteiger partial charge in [0, 0.05) is 12.0 Å². The minimum Gasteiger partial charge on any atom is -0.488 e. The summed E-state index contributed by atoms with van der Waals surface area (Å²) >= 11 is 0. The number of hydroxylamine groups is 2. The number of nitrogens with one attached hydrogen (secondary N) is 1. The lowest BCUT2D eigenvalue weighted by molar-refractivity contribution is -0.210. The normalized spacial score (nSPS) is 16.4. The largest absolute Gasteiger partial charge is 0.488 e. The van der Waals surface area contributed by atoms with E-state index in [4.69, 9.17) is 14.3 Å². The van der Waals surface area contributed by atoms with Crippen molar-refractivity contribution < 1.29 is 33.8 Å². The molecule has 0 spiro atoms. The van der Waals surface area contributed by atoms with E-state index in [-0.39, 0.29) is 17.6 Å². The van der Waals surface area contributed by atoms with Crippen LogP contribution in [0.3, 0.4) is 0 Å². The lowest BCUT2D eigenvalue weighted by Gasteiger charge is -2.25. The van der Waals surface area contributed by atoms with E-state index in [1.54, 1.807) is 63.2 Å². The quantitative estimate of drug-likeness (QED) is 0.639. The number of aliphatic hydroxyl groups is 1.